The van der Waals surface area contributed by atoms with E-state index in [1.807, 2.05) is 0 Å². The van der Waals surface area contributed by atoms with E-state index in [9.17, 15) is 9.59 Å². The fourth-order valence-electron chi connectivity index (χ4n) is 1.85. The number of nitrogens with zero attached hydrogens (tertiary/aromatic N) is 2. The zero-order valence-electron chi connectivity index (χ0n) is 10.7. The molecule has 0 saturated carbocycles. The molecule has 1 aromatic carbocycles. The second-order valence-electron chi connectivity index (χ2n) is 4.09. The van der Waals surface area contributed by atoms with E-state index in [1.54, 1.807) is 24.5 Å². The van der Waals surface area contributed by atoms with Gasteiger partial charge in [-0.05, 0) is 32.0 Å². The lowest BCUT2D eigenvalue weighted by molar-refractivity contribution is -0.146. The largest absolute Gasteiger partial charge is 0.478 e. The Morgan fingerprint density at radius 1 is 1.47 bits per heavy atom. The molecule has 2 rings (SSSR count). The Balaban J connectivity index is 2.40. The lowest BCUT2D eigenvalue weighted by Gasteiger charge is -2.12. The molecule has 1 atom stereocenters. The number of esters is 1. The van der Waals surface area contributed by atoms with Crippen LogP contribution in [0.25, 0.3) is 11.0 Å². The number of rotatable bonds is 4. The highest BCUT2D eigenvalue weighted by atomic mass is 16.5. The summed E-state index contributed by atoms with van der Waals surface area (Å²) in [5.74, 6) is -1.35. The maximum atomic E-state index is 11.7. The predicted octanol–water partition coefficient (Wildman–Crippen LogP) is 1.86. The van der Waals surface area contributed by atoms with Gasteiger partial charge in [0.25, 0.3) is 0 Å². The highest BCUT2D eigenvalue weighted by Gasteiger charge is 2.18. The number of aromatic carboxylic acids is 1. The van der Waals surface area contributed by atoms with E-state index in [-0.39, 0.29) is 11.5 Å². The molecule has 2 aromatic rings. The molecule has 0 amide bonds. The minimum Gasteiger partial charge on any atom is -0.478 e. The Hall–Kier alpha value is -2.37. The number of hydrogen-bond donors (Lipinski definition) is 1. The van der Waals surface area contributed by atoms with Crippen LogP contribution in [0.15, 0.2) is 24.5 Å². The molecule has 0 aliphatic rings. The lowest BCUT2D eigenvalue weighted by Crippen LogP contribution is -2.18. The molecule has 0 radical (unpaired) electrons. The van der Waals surface area contributed by atoms with Gasteiger partial charge in [0.2, 0.25) is 0 Å². The zero-order chi connectivity index (χ0) is 14.0. The summed E-state index contributed by atoms with van der Waals surface area (Å²) in [7, 11) is 0. The molecule has 19 heavy (non-hydrogen) atoms. The van der Waals surface area contributed by atoms with Crippen LogP contribution in [0.5, 0.6) is 0 Å². The number of carbonyl (C=O) groups excluding carboxylic acids is 1. The molecule has 6 nitrogen and oxygen atoms in total. The quantitative estimate of drug-likeness (QED) is 0.850. The second kappa shape index (κ2) is 5.09. The lowest BCUT2D eigenvalue weighted by atomic mass is 10.2. The topological polar surface area (TPSA) is 81.4 Å². The molecule has 0 bridgehead atoms. The van der Waals surface area contributed by atoms with Crippen molar-refractivity contribution in [2.45, 2.75) is 19.9 Å². The van der Waals surface area contributed by atoms with Gasteiger partial charge in [-0.3, -0.25) is 0 Å². The Morgan fingerprint density at radius 3 is 2.84 bits per heavy atom. The maximum absolute atomic E-state index is 11.7. The van der Waals surface area contributed by atoms with Crippen molar-refractivity contribution in [2.24, 2.45) is 0 Å². The van der Waals surface area contributed by atoms with Crippen LogP contribution >= 0.6 is 0 Å². The molecule has 1 unspecified atom stereocenters. The van der Waals surface area contributed by atoms with Crippen LogP contribution in [-0.4, -0.2) is 33.2 Å². The van der Waals surface area contributed by atoms with Crippen LogP contribution in [0.1, 0.15) is 30.2 Å². The van der Waals surface area contributed by atoms with E-state index in [0.717, 1.165) is 0 Å². The Labute approximate surface area is 109 Å². The molecule has 0 spiro atoms. The summed E-state index contributed by atoms with van der Waals surface area (Å²) in [6.07, 6.45) is 1.51. The van der Waals surface area contributed by atoms with Crippen LogP contribution in [0.4, 0.5) is 0 Å². The SMILES string of the molecule is CCOC(=O)C(C)n1cnc2cc(C(=O)O)ccc21. The van der Waals surface area contributed by atoms with E-state index in [0.29, 0.717) is 17.6 Å². The summed E-state index contributed by atoms with van der Waals surface area (Å²) in [5.41, 5.74) is 1.41. The summed E-state index contributed by atoms with van der Waals surface area (Å²) in [5, 5.41) is 8.91. The third kappa shape index (κ3) is 2.42. The standard InChI is InChI=1S/C13H14N2O4/c1-3-19-13(18)8(2)15-7-14-10-6-9(12(16)17)4-5-11(10)15/h4-8H,3H2,1-2H3,(H,16,17). The first-order valence-electron chi connectivity index (χ1n) is 5.91. The van der Waals surface area contributed by atoms with Crippen molar-refractivity contribution < 1.29 is 19.4 Å². The van der Waals surface area contributed by atoms with Crippen molar-refractivity contribution in [3.05, 3.63) is 30.1 Å². The number of carboxylic acid groups (broad SMARTS) is 1. The van der Waals surface area contributed by atoms with Crippen molar-refractivity contribution >= 4 is 23.0 Å². The van der Waals surface area contributed by atoms with Gasteiger partial charge in [-0.25, -0.2) is 14.6 Å². The van der Waals surface area contributed by atoms with Gasteiger partial charge in [0.1, 0.15) is 6.04 Å². The fourth-order valence-corrected chi connectivity index (χ4v) is 1.85. The van der Waals surface area contributed by atoms with Gasteiger partial charge in [-0.1, -0.05) is 0 Å². The average molecular weight is 262 g/mol. The van der Waals surface area contributed by atoms with E-state index < -0.39 is 12.0 Å². The second-order valence-corrected chi connectivity index (χ2v) is 4.09. The highest BCUT2D eigenvalue weighted by Crippen LogP contribution is 2.20. The maximum Gasteiger partial charge on any atom is 0.335 e. The monoisotopic (exact) mass is 262 g/mol. The number of ether oxygens (including phenoxy) is 1. The third-order valence-corrected chi connectivity index (χ3v) is 2.87. The molecule has 1 aromatic heterocycles. The molecule has 6 heteroatoms. The van der Waals surface area contributed by atoms with Crippen LogP contribution in [0, 0.1) is 0 Å². The average Bonchev–Trinajstić information content (AvgIpc) is 2.80. The fraction of sp³-hybridized carbons (Fsp3) is 0.308. The molecule has 1 N–H and O–H groups in total. The van der Waals surface area contributed by atoms with Crippen LogP contribution < -0.4 is 0 Å². The number of imidazole rings is 1. The Kier molecular flexibility index (Phi) is 3.50. The van der Waals surface area contributed by atoms with Crippen molar-refractivity contribution in [2.75, 3.05) is 6.61 Å². The van der Waals surface area contributed by atoms with E-state index in [1.165, 1.54) is 18.5 Å². The van der Waals surface area contributed by atoms with Gasteiger partial charge in [0.15, 0.2) is 0 Å². The first-order chi connectivity index (χ1) is 9.04. The third-order valence-electron chi connectivity index (χ3n) is 2.87. The molecule has 0 aliphatic heterocycles. The summed E-state index contributed by atoms with van der Waals surface area (Å²) in [6, 6.07) is 4.11. The first-order valence-corrected chi connectivity index (χ1v) is 5.91. The summed E-state index contributed by atoms with van der Waals surface area (Å²) < 4.78 is 6.62. The van der Waals surface area contributed by atoms with Crippen molar-refractivity contribution in [3.63, 3.8) is 0 Å². The minimum atomic E-state index is -1.00. The molecule has 0 aliphatic carbocycles. The summed E-state index contributed by atoms with van der Waals surface area (Å²) in [6.45, 7) is 3.78. The smallest absolute Gasteiger partial charge is 0.335 e. The number of carbonyl (C=O) groups is 2. The first kappa shape index (κ1) is 13.1. The number of benzene rings is 1. The normalized spacial score (nSPS) is 12.3. The van der Waals surface area contributed by atoms with Gasteiger partial charge < -0.3 is 14.4 Å². The molecule has 1 heterocycles. The Morgan fingerprint density at radius 2 is 2.21 bits per heavy atom. The predicted molar refractivity (Wildman–Crippen MR) is 68.0 cm³/mol. The van der Waals surface area contributed by atoms with Gasteiger partial charge >= 0.3 is 11.9 Å². The highest BCUT2D eigenvalue weighted by molar-refractivity contribution is 5.92. The van der Waals surface area contributed by atoms with Crippen LogP contribution in [0.3, 0.4) is 0 Å². The Bertz CT molecular complexity index is 633. The molecule has 0 fully saturated rings. The molecular weight excluding hydrogens is 248 g/mol. The van der Waals surface area contributed by atoms with Crippen LogP contribution in [0.2, 0.25) is 0 Å². The van der Waals surface area contributed by atoms with Crippen LogP contribution in [-0.2, 0) is 9.53 Å². The molecule has 100 valence electrons. The number of fused-ring (bicyclic) bond motifs is 1. The molecule has 0 saturated heterocycles. The molecular formula is C13H14N2O4. The summed E-state index contributed by atoms with van der Waals surface area (Å²) >= 11 is 0. The minimum absolute atomic E-state index is 0.168. The van der Waals surface area contributed by atoms with Gasteiger partial charge in [0.05, 0.1) is 29.5 Å². The number of carboxylic acids is 1. The number of hydrogen-bond acceptors (Lipinski definition) is 4. The van der Waals surface area contributed by atoms with Crippen molar-refractivity contribution in [3.8, 4) is 0 Å². The van der Waals surface area contributed by atoms with Gasteiger partial charge in [0, 0.05) is 0 Å². The van der Waals surface area contributed by atoms with Gasteiger partial charge in [-0.15, -0.1) is 0 Å². The van der Waals surface area contributed by atoms with Gasteiger partial charge in [-0.2, -0.15) is 0 Å². The van der Waals surface area contributed by atoms with E-state index in [4.69, 9.17) is 9.84 Å². The number of aromatic nitrogens is 2. The van der Waals surface area contributed by atoms with E-state index in [2.05, 4.69) is 4.98 Å². The zero-order valence-corrected chi connectivity index (χ0v) is 10.7. The summed E-state index contributed by atoms with van der Waals surface area (Å²) in [4.78, 5) is 26.7. The van der Waals surface area contributed by atoms with Crippen molar-refractivity contribution in [1.82, 2.24) is 9.55 Å². The van der Waals surface area contributed by atoms with E-state index >= 15 is 0 Å². The van der Waals surface area contributed by atoms with Crippen molar-refractivity contribution in [1.29, 1.82) is 0 Å².